The maximum absolute atomic E-state index is 12.2. The molecule has 1 aromatic heterocycles. The maximum atomic E-state index is 12.2. The summed E-state index contributed by atoms with van der Waals surface area (Å²) in [4.78, 5) is 18.9. The van der Waals surface area contributed by atoms with E-state index in [4.69, 9.17) is 4.74 Å². The van der Waals surface area contributed by atoms with Crippen LogP contribution in [-0.4, -0.2) is 52.4 Å². The molecule has 6 nitrogen and oxygen atoms in total. The molecule has 2 heterocycles. The number of hydrogen-bond acceptors (Lipinski definition) is 5. The smallest absolute Gasteiger partial charge is 0.230 e. The lowest BCUT2D eigenvalue weighted by Gasteiger charge is -2.27. The van der Waals surface area contributed by atoms with Gasteiger partial charge in [-0.05, 0) is 18.1 Å². The number of nitrogens with zero attached hydrogens (tertiary/aromatic N) is 3. The van der Waals surface area contributed by atoms with Gasteiger partial charge in [-0.25, -0.2) is 4.98 Å². The highest BCUT2D eigenvalue weighted by molar-refractivity contribution is 7.99. The van der Waals surface area contributed by atoms with Crippen molar-refractivity contribution in [1.82, 2.24) is 19.8 Å². The van der Waals surface area contributed by atoms with Crippen LogP contribution in [0.2, 0.25) is 0 Å². The number of aryl methyl sites for hydroxylation is 1. The number of aromatic nitrogens is 2. The highest BCUT2D eigenvalue weighted by Crippen LogP contribution is 2.16. The fourth-order valence-corrected chi connectivity index (χ4v) is 3.79. The average molecular weight is 375 g/mol. The van der Waals surface area contributed by atoms with E-state index in [1.807, 2.05) is 16.8 Å². The number of carbonyl (C=O) groups excluding carboxylic acids is 1. The Kier molecular flexibility index (Phi) is 7.11. The third-order valence-electron chi connectivity index (χ3n) is 4.44. The molecule has 0 saturated carbocycles. The molecule has 1 aliphatic heterocycles. The molecule has 140 valence electrons. The Bertz CT molecular complexity index is 713. The van der Waals surface area contributed by atoms with Crippen molar-refractivity contribution >= 4 is 17.7 Å². The molecule has 0 aliphatic carbocycles. The van der Waals surface area contributed by atoms with Crippen LogP contribution >= 0.6 is 11.8 Å². The SMILES string of the molecule is CCn1ccnc1SCC(=O)NCc1ccccc1CN1CCOCC1. The second-order valence-electron chi connectivity index (χ2n) is 6.22. The van der Waals surface area contributed by atoms with Gasteiger partial charge in [0, 0.05) is 45.1 Å². The van der Waals surface area contributed by atoms with Gasteiger partial charge in [-0.2, -0.15) is 0 Å². The predicted molar refractivity (Wildman–Crippen MR) is 103 cm³/mol. The normalized spacial score (nSPS) is 15.1. The van der Waals surface area contributed by atoms with Crippen molar-refractivity contribution in [2.45, 2.75) is 31.7 Å². The van der Waals surface area contributed by atoms with Crippen LogP contribution in [0.25, 0.3) is 0 Å². The first-order valence-corrected chi connectivity index (χ1v) is 10.0. The van der Waals surface area contributed by atoms with Gasteiger partial charge in [0.25, 0.3) is 0 Å². The molecule has 0 atom stereocenters. The van der Waals surface area contributed by atoms with Crippen molar-refractivity contribution in [3.8, 4) is 0 Å². The van der Waals surface area contributed by atoms with Crippen molar-refractivity contribution in [3.05, 3.63) is 47.8 Å². The number of thioether (sulfide) groups is 1. The molecule has 1 aliphatic rings. The number of rotatable bonds is 8. The van der Waals surface area contributed by atoms with Crippen molar-refractivity contribution in [1.29, 1.82) is 0 Å². The largest absolute Gasteiger partial charge is 0.379 e. The van der Waals surface area contributed by atoms with Crippen molar-refractivity contribution in [3.63, 3.8) is 0 Å². The van der Waals surface area contributed by atoms with Crippen LogP contribution in [0.5, 0.6) is 0 Å². The number of carbonyl (C=O) groups is 1. The summed E-state index contributed by atoms with van der Waals surface area (Å²) in [6.07, 6.45) is 3.70. The molecule has 2 aromatic rings. The molecule has 0 unspecified atom stereocenters. The molecule has 1 amide bonds. The fraction of sp³-hybridized carbons (Fsp3) is 0.474. The first kappa shape index (κ1) is 18.9. The van der Waals surface area contributed by atoms with Crippen molar-refractivity contribution in [2.75, 3.05) is 32.1 Å². The number of benzene rings is 1. The van der Waals surface area contributed by atoms with E-state index in [9.17, 15) is 4.79 Å². The van der Waals surface area contributed by atoms with Gasteiger partial charge in [0.15, 0.2) is 5.16 Å². The molecular formula is C19H26N4O2S. The van der Waals surface area contributed by atoms with E-state index in [-0.39, 0.29) is 5.91 Å². The number of morpholine rings is 1. The lowest BCUT2D eigenvalue weighted by Crippen LogP contribution is -2.36. The summed E-state index contributed by atoms with van der Waals surface area (Å²) in [6.45, 7) is 7.90. The van der Waals surface area contributed by atoms with E-state index < -0.39 is 0 Å². The van der Waals surface area contributed by atoms with Gasteiger partial charge in [0.1, 0.15) is 0 Å². The standard InChI is InChI=1S/C19H26N4O2S/c1-2-23-8-7-20-19(23)26-15-18(24)21-13-16-5-3-4-6-17(16)14-22-9-11-25-12-10-22/h3-8H,2,9-15H2,1H3,(H,21,24). The van der Waals surface area contributed by atoms with Crippen LogP contribution < -0.4 is 5.32 Å². The van der Waals surface area contributed by atoms with Gasteiger partial charge in [-0.3, -0.25) is 9.69 Å². The van der Waals surface area contributed by atoms with E-state index in [1.165, 1.54) is 22.9 Å². The highest BCUT2D eigenvalue weighted by Gasteiger charge is 2.13. The van der Waals surface area contributed by atoms with Crippen molar-refractivity contribution in [2.24, 2.45) is 0 Å². The third kappa shape index (κ3) is 5.33. The quantitative estimate of drug-likeness (QED) is 0.718. The second kappa shape index (κ2) is 9.75. The summed E-state index contributed by atoms with van der Waals surface area (Å²) < 4.78 is 7.45. The fourth-order valence-electron chi connectivity index (χ4n) is 2.94. The van der Waals surface area contributed by atoms with Crippen LogP contribution in [0.4, 0.5) is 0 Å². The summed E-state index contributed by atoms with van der Waals surface area (Å²) in [5.74, 6) is 0.407. The molecule has 7 heteroatoms. The molecule has 3 rings (SSSR count). The van der Waals surface area contributed by atoms with Crippen molar-refractivity contribution < 1.29 is 9.53 Å². The van der Waals surface area contributed by atoms with E-state index >= 15 is 0 Å². The Labute approximate surface area is 158 Å². The van der Waals surface area contributed by atoms with Crippen LogP contribution in [-0.2, 0) is 29.2 Å². The predicted octanol–water partition coefficient (Wildman–Crippen LogP) is 2.14. The van der Waals surface area contributed by atoms with Crippen LogP contribution in [0, 0.1) is 0 Å². The van der Waals surface area contributed by atoms with Gasteiger partial charge in [-0.15, -0.1) is 0 Å². The maximum Gasteiger partial charge on any atom is 0.230 e. The molecule has 26 heavy (non-hydrogen) atoms. The van der Waals surface area contributed by atoms with E-state index in [0.717, 1.165) is 44.5 Å². The minimum absolute atomic E-state index is 0.0295. The zero-order valence-corrected chi connectivity index (χ0v) is 16.0. The van der Waals surface area contributed by atoms with E-state index in [1.54, 1.807) is 6.20 Å². The Balaban J connectivity index is 1.50. The Morgan fingerprint density at radius 2 is 2.04 bits per heavy atom. The molecule has 1 fully saturated rings. The molecule has 1 N–H and O–H groups in total. The third-order valence-corrected chi connectivity index (χ3v) is 5.45. The number of amides is 1. The Hall–Kier alpha value is -1.83. The first-order chi connectivity index (χ1) is 12.8. The number of nitrogens with one attached hydrogen (secondary N) is 1. The van der Waals surface area contributed by atoms with Crippen LogP contribution in [0.3, 0.4) is 0 Å². The summed E-state index contributed by atoms with van der Waals surface area (Å²) in [6, 6.07) is 8.31. The topological polar surface area (TPSA) is 59.4 Å². The summed E-state index contributed by atoms with van der Waals surface area (Å²) in [7, 11) is 0. The monoisotopic (exact) mass is 374 g/mol. The minimum Gasteiger partial charge on any atom is -0.379 e. The highest BCUT2D eigenvalue weighted by atomic mass is 32.2. The molecule has 1 aromatic carbocycles. The lowest BCUT2D eigenvalue weighted by atomic mass is 10.1. The second-order valence-corrected chi connectivity index (χ2v) is 7.16. The van der Waals surface area contributed by atoms with Gasteiger partial charge in [0.2, 0.25) is 5.91 Å². The molecule has 0 spiro atoms. The Morgan fingerprint density at radius 3 is 2.81 bits per heavy atom. The molecule has 0 radical (unpaired) electrons. The lowest BCUT2D eigenvalue weighted by molar-refractivity contribution is -0.118. The number of ether oxygens (including phenoxy) is 1. The molecule has 1 saturated heterocycles. The van der Waals surface area contributed by atoms with E-state index in [0.29, 0.717) is 12.3 Å². The molecule has 0 bridgehead atoms. The van der Waals surface area contributed by atoms with Gasteiger partial charge in [0.05, 0.1) is 19.0 Å². The summed E-state index contributed by atoms with van der Waals surface area (Å²) in [5.41, 5.74) is 2.44. The molecular weight excluding hydrogens is 348 g/mol. The van der Waals surface area contributed by atoms with Crippen LogP contribution in [0.15, 0.2) is 41.8 Å². The minimum atomic E-state index is 0.0295. The average Bonchev–Trinajstić information content (AvgIpc) is 3.14. The zero-order chi connectivity index (χ0) is 18.2. The number of hydrogen-bond donors (Lipinski definition) is 1. The van der Waals surface area contributed by atoms with Gasteiger partial charge < -0.3 is 14.6 Å². The van der Waals surface area contributed by atoms with Gasteiger partial charge >= 0.3 is 0 Å². The summed E-state index contributed by atoms with van der Waals surface area (Å²) >= 11 is 1.47. The summed E-state index contributed by atoms with van der Waals surface area (Å²) in [5, 5.41) is 3.92. The van der Waals surface area contributed by atoms with E-state index in [2.05, 4.69) is 40.3 Å². The Morgan fingerprint density at radius 1 is 1.27 bits per heavy atom. The first-order valence-electron chi connectivity index (χ1n) is 9.03. The van der Waals surface area contributed by atoms with Crippen LogP contribution in [0.1, 0.15) is 18.1 Å². The van der Waals surface area contributed by atoms with Gasteiger partial charge in [-0.1, -0.05) is 36.0 Å². The number of imidazole rings is 1. The zero-order valence-electron chi connectivity index (χ0n) is 15.2.